The van der Waals surface area contributed by atoms with Crippen molar-refractivity contribution >= 4 is 41.5 Å². The highest BCUT2D eigenvalue weighted by Crippen LogP contribution is 2.25. The topological polar surface area (TPSA) is 59.6 Å². The molecule has 0 radical (unpaired) electrons. The van der Waals surface area contributed by atoms with E-state index in [9.17, 15) is 8.78 Å². The SMILES string of the molecule is CCCCNC(N)=NCc1cc(Cl)ccc1OC(F)F.I. The fourth-order valence-electron chi connectivity index (χ4n) is 1.50. The maximum atomic E-state index is 12.3. The highest BCUT2D eigenvalue weighted by Gasteiger charge is 2.10. The molecular formula is C13H19ClF2IN3O. The van der Waals surface area contributed by atoms with Crippen LogP contribution in [0.4, 0.5) is 8.78 Å². The van der Waals surface area contributed by atoms with Gasteiger partial charge in [-0.15, -0.1) is 24.0 Å². The lowest BCUT2D eigenvalue weighted by Gasteiger charge is -2.10. The molecule has 21 heavy (non-hydrogen) atoms. The molecule has 0 spiro atoms. The highest BCUT2D eigenvalue weighted by atomic mass is 127. The van der Waals surface area contributed by atoms with Crippen molar-refractivity contribution < 1.29 is 13.5 Å². The average Bonchev–Trinajstić information content (AvgIpc) is 2.39. The lowest BCUT2D eigenvalue weighted by molar-refractivity contribution is -0.0504. The van der Waals surface area contributed by atoms with Gasteiger partial charge in [-0.1, -0.05) is 24.9 Å². The van der Waals surface area contributed by atoms with E-state index in [0.29, 0.717) is 10.6 Å². The molecule has 0 atom stereocenters. The number of ether oxygens (including phenoxy) is 1. The van der Waals surface area contributed by atoms with Crippen molar-refractivity contribution in [2.45, 2.75) is 32.9 Å². The molecule has 1 rings (SSSR count). The zero-order valence-corrected chi connectivity index (χ0v) is 14.7. The molecule has 1 aromatic rings. The minimum atomic E-state index is -2.89. The van der Waals surface area contributed by atoms with Crippen LogP contribution in [0.1, 0.15) is 25.3 Å². The fraction of sp³-hybridized carbons (Fsp3) is 0.462. The number of hydrogen-bond acceptors (Lipinski definition) is 2. The lowest BCUT2D eigenvalue weighted by atomic mass is 10.2. The number of alkyl halides is 2. The van der Waals surface area contributed by atoms with Gasteiger partial charge in [0.05, 0.1) is 6.54 Å². The van der Waals surface area contributed by atoms with Crippen molar-refractivity contribution in [2.24, 2.45) is 10.7 Å². The van der Waals surface area contributed by atoms with Gasteiger partial charge in [0.15, 0.2) is 5.96 Å². The number of benzene rings is 1. The molecule has 0 fully saturated rings. The van der Waals surface area contributed by atoms with Crippen LogP contribution in [0.5, 0.6) is 5.75 Å². The standard InChI is InChI=1S/C13H18ClF2N3O.HI/c1-2-3-6-18-13(17)19-8-9-7-10(14)4-5-11(9)20-12(15)16;/h4-5,7,12H,2-3,6,8H2,1H3,(H3,17,18,19);1H. The van der Waals surface area contributed by atoms with E-state index in [1.54, 1.807) is 0 Å². The number of guanidine groups is 1. The molecule has 0 amide bonds. The number of halogens is 4. The van der Waals surface area contributed by atoms with Gasteiger partial charge in [-0.2, -0.15) is 8.78 Å². The summed E-state index contributed by atoms with van der Waals surface area (Å²) in [5.74, 6) is 0.316. The van der Waals surface area contributed by atoms with E-state index < -0.39 is 6.61 Å². The minimum Gasteiger partial charge on any atom is -0.434 e. The fourth-order valence-corrected chi connectivity index (χ4v) is 1.70. The van der Waals surface area contributed by atoms with Crippen molar-refractivity contribution in [2.75, 3.05) is 6.54 Å². The molecule has 0 aliphatic rings. The number of hydrogen-bond donors (Lipinski definition) is 2. The van der Waals surface area contributed by atoms with E-state index in [4.69, 9.17) is 17.3 Å². The number of nitrogens with zero attached hydrogens (tertiary/aromatic N) is 1. The molecule has 8 heteroatoms. The molecule has 4 nitrogen and oxygen atoms in total. The first-order valence-corrected chi connectivity index (χ1v) is 6.67. The molecule has 0 aliphatic heterocycles. The van der Waals surface area contributed by atoms with Gasteiger partial charge >= 0.3 is 6.61 Å². The van der Waals surface area contributed by atoms with E-state index in [2.05, 4.69) is 22.0 Å². The van der Waals surface area contributed by atoms with E-state index in [0.717, 1.165) is 19.4 Å². The van der Waals surface area contributed by atoms with E-state index in [-0.39, 0.29) is 42.2 Å². The molecule has 3 N–H and O–H groups in total. The van der Waals surface area contributed by atoms with E-state index in [1.807, 2.05) is 0 Å². The summed E-state index contributed by atoms with van der Waals surface area (Å²) in [6.45, 7) is 0.0171. The van der Waals surface area contributed by atoms with Crippen LogP contribution < -0.4 is 15.8 Å². The van der Waals surface area contributed by atoms with Crippen molar-refractivity contribution in [3.05, 3.63) is 28.8 Å². The quantitative estimate of drug-likeness (QED) is 0.298. The Morgan fingerprint density at radius 2 is 2.19 bits per heavy atom. The van der Waals surface area contributed by atoms with Gasteiger partial charge < -0.3 is 15.8 Å². The van der Waals surface area contributed by atoms with Gasteiger partial charge in [0.2, 0.25) is 0 Å². The van der Waals surface area contributed by atoms with Crippen LogP contribution in [0, 0.1) is 0 Å². The average molecular weight is 434 g/mol. The first-order chi connectivity index (χ1) is 9.52. The Morgan fingerprint density at radius 1 is 1.48 bits per heavy atom. The molecule has 0 saturated carbocycles. The van der Waals surface area contributed by atoms with Crippen molar-refractivity contribution in [3.8, 4) is 5.75 Å². The Balaban J connectivity index is 0.00000400. The number of nitrogens with one attached hydrogen (secondary N) is 1. The summed E-state index contributed by atoms with van der Waals surface area (Å²) in [6.07, 6.45) is 2.02. The Kier molecular flexibility index (Phi) is 10.4. The number of rotatable bonds is 7. The summed E-state index contributed by atoms with van der Waals surface area (Å²) in [7, 11) is 0. The van der Waals surface area contributed by atoms with Crippen LogP contribution in [0.15, 0.2) is 23.2 Å². The Morgan fingerprint density at radius 3 is 2.81 bits per heavy atom. The maximum absolute atomic E-state index is 12.3. The van der Waals surface area contributed by atoms with Gasteiger partial charge in [0.1, 0.15) is 5.75 Å². The monoisotopic (exact) mass is 433 g/mol. The number of unbranched alkanes of at least 4 members (excludes halogenated alkanes) is 1. The largest absolute Gasteiger partial charge is 0.434 e. The summed E-state index contributed by atoms with van der Waals surface area (Å²) >= 11 is 5.83. The van der Waals surface area contributed by atoms with Gasteiger partial charge in [-0.05, 0) is 24.6 Å². The third kappa shape index (κ3) is 8.25. The Labute approximate surface area is 145 Å². The summed E-state index contributed by atoms with van der Waals surface area (Å²) in [5, 5.41) is 3.36. The molecule has 0 saturated heterocycles. The van der Waals surface area contributed by atoms with Gasteiger partial charge in [0, 0.05) is 17.1 Å². The number of aliphatic imine (C=N–C) groups is 1. The van der Waals surface area contributed by atoms with Gasteiger partial charge in [-0.25, -0.2) is 4.99 Å². The second-order valence-electron chi connectivity index (χ2n) is 4.11. The molecule has 0 aliphatic carbocycles. The first-order valence-electron chi connectivity index (χ1n) is 6.30. The predicted molar refractivity (Wildman–Crippen MR) is 91.7 cm³/mol. The minimum absolute atomic E-state index is 0. The van der Waals surface area contributed by atoms with E-state index >= 15 is 0 Å². The van der Waals surface area contributed by atoms with Crippen molar-refractivity contribution in [1.29, 1.82) is 0 Å². The molecular weight excluding hydrogens is 415 g/mol. The normalized spacial score (nSPS) is 11.2. The summed E-state index contributed by atoms with van der Waals surface area (Å²) in [5.41, 5.74) is 6.13. The Bertz CT molecular complexity index is 461. The van der Waals surface area contributed by atoms with Gasteiger partial charge in [0.25, 0.3) is 0 Å². The zero-order valence-electron chi connectivity index (χ0n) is 11.6. The van der Waals surface area contributed by atoms with Crippen LogP contribution in [-0.2, 0) is 6.54 Å². The maximum Gasteiger partial charge on any atom is 0.387 e. The van der Waals surface area contributed by atoms with Gasteiger partial charge in [-0.3, -0.25) is 0 Å². The summed E-state index contributed by atoms with van der Waals surface area (Å²) in [6, 6.07) is 4.40. The molecule has 0 bridgehead atoms. The number of nitrogens with two attached hydrogens (primary N) is 1. The molecule has 0 unspecified atom stereocenters. The van der Waals surface area contributed by atoms with Crippen LogP contribution in [0.25, 0.3) is 0 Å². The summed E-state index contributed by atoms with van der Waals surface area (Å²) < 4.78 is 29.0. The highest BCUT2D eigenvalue weighted by molar-refractivity contribution is 14.0. The predicted octanol–water partition coefficient (Wildman–Crippen LogP) is 3.76. The van der Waals surface area contributed by atoms with Crippen LogP contribution in [-0.4, -0.2) is 19.1 Å². The van der Waals surface area contributed by atoms with E-state index in [1.165, 1.54) is 18.2 Å². The van der Waals surface area contributed by atoms with Crippen molar-refractivity contribution in [1.82, 2.24) is 5.32 Å². The molecule has 0 heterocycles. The third-order valence-corrected chi connectivity index (χ3v) is 2.73. The zero-order chi connectivity index (χ0) is 15.0. The second kappa shape index (κ2) is 10.8. The van der Waals surface area contributed by atoms with Crippen LogP contribution in [0.3, 0.4) is 0 Å². The molecule has 120 valence electrons. The summed E-state index contributed by atoms with van der Waals surface area (Å²) in [4.78, 5) is 4.08. The smallest absolute Gasteiger partial charge is 0.387 e. The second-order valence-corrected chi connectivity index (χ2v) is 4.55. The molecule has 1 aromatic carbocycles. The Hall–Kier alpha value is -0.830. The van der Waals surface area contributed by atoms with Crippen molar-refractivity contribution in [3.63, 3.8) is 0 Å². The molecule has 0 aromatic heterocycles. The third-order valence-electron chi connectivity index (χ3n) is 2.49. The lowest BCUT2D eigenvalue weighted by Crippen LogP contribution is -2.32. The van der Waals surface area contributed by atoms with Crippen LogP contribution in [0.2, 0.25) is 5.02 Å². The van der Waals surface area contributed by atoms with Crippen LogP contribution >= 0.6 is 35.6 Å². The first kappa shape index (κ1) is 20.2.